The highest BCUT2D eigenvalue weighted by molar-refractivity contribution is 5.94. The lowest BCUT2D eigenvalue weighted by Gasteiger charge is -2.27. The second kappa shape index (κ2) is 7.86. The maximum absolute atomic E-state index is 12.3. The molecule has 0 saturated heterocycles. The predicted molar refractivity (Wildman–Crippen MR) is 108 cm³/mol. The quantitative estimate of drug-likeness (QED) is 0.693. The van der Waals surface area contributed by atoms with Gasteiger partial charge in [-0.15, -0.1) is 0 Å². The molecule has 0 fully saturated rings. The van der Waals surface area contributed by atoms with E-state index < -0.39 is 0 Å². The summed E-state index contributed by atoms with van der Waals surface area (Å²) in [6.45, 7) is 3.49. The lowest BCUT2D eigenvalue weighted by Crippen LogP contribution is -2.46. The van der Waals surface area contributed by atoms with Crippen molar-refractivity contribution < 1.29 is 9.53 Å². The van der Waals surface area contributed by atoms with Crippen LogP contribution in [0.2, 0.25) is 0 Å². The molecular formula is C22H24N4O2. The smallest absolute Gasteiger partial charge is 0.269 e. The molecule has 6 heteroatoms. The molecule has 2 atom stereocenters. The van der Waals surface area contributed by atoms with Crippen molar-refractivity contribution in [1.29, 1.82) is 0 Å². The van der Waals surface area contributed by atoms with E-state index in [0.717, 1.165) is 23.6 Å². The van der Waals surface area contributed by atoms with E-state index in [2.05, 4.69) is 41.8 Å². The van der Waals surface area contributed by atoms with Gasteiger partial charge in [0.1, 0.15) is 17.6 Å². The van der Waals surface area contributed by atoms with Crippen LogP contribution in [0.3, 0.4) is 0 Å². The zero-order valence-corrected chi connectivity index (χ0v) is 16.1. The van der Waals surface area contributed by atoms with Crippen LogP contribution in [0, 0.1) is 0 Å². The molecule has 144 valence electrons. The third-order valence-corrected chi connectivity index (χ3v) is 5.11. The van der Waals surface area contributed by atoms with Crippen LogP contribution >= 0.6 is 0 Å². The number of aromatic nitrogens is 2. The van der Waals surface area contributed by atoms with Gasteiger partial charge in [-0.05, 0) is 29.7 Å². The molecule has 1 aliphatic heterocycles. The summed E-state index contributed by atoms with van der Waals surface area (Å²) in [5.41, 5.74) is 3.53. The summed E-state index contributed by atoms with van der Waals surface area (Å²) < 4.78 is 7.10. The molecule has 1 aliphatic rings. The summed E-state index contributed by atoms with van der Waals surface area (Å²) in [6.07, 6.45) is -0.0850. The van der Waals surface area contributed by atoms with Gasteiger partial charge in [0.2, 0.25) is 0 Å². The van der Waals surface area contributed by atoms with Gasteiger partial charge in [0, 0.05) is 12.1 Å². The van der Waals surface area contributed by atoms with E-state index in [1.807, 2.05) is 36.4 Å². The second-order valence-corrected chi connectivity index (χ2v) is 7.04. The lowest BCUT2D eigenvalue weighted by atomic mass is 10.0. The van der Waals surface area contributed by atoms with Crippen molar-refractivity contribution in [3.05, 3.63) is 71.9 Å². The van der Waals surface area contributed by atoms with Gasteiger partial charge in [-0.1, -0.05) is 49.4 Å². The van der Waals surface area contributed by atoms with Crippen LogP contribution in [0.4, 0.5) is 0 Å². The molecule has 2 N–H and O–H groups in total. The van der Waals surface area contributed by atoms with Gasteiger partial charge >= 0.3 is 0 Å². The zero-order valence-electron chi connectivity index (χ0n) is 16.1. The molecule has 0 aliphatic carbocycles. The molecule has 28 heavy (non-hydrogen) atoms. The number of hydrogen-bond acceptors (Lipinski definition) is 4. The molecule has 3 aromatic rings. The average Bonchev–Trinajstić information content (AvgIpc) is 3.20. The van der Waals surface area contributed by atoms with Gasteiger partial charge in [0.15, 0.2) is 0 Å². The molecule has 1 amide bonds. The zero-order chi connectivity index (χ0) is 19.5. The van der Waals surface area contributed by atoms with E-state index in [9.17, 15) is 4.79 Å². The first kappa shape index (κ1) is 18.3. The number of hydrogen-bond donors (Lipinski definition) is 2. The minimum absolute atomic E-state index is 0.0850. The number of carbonyl (C=O) groups excluding carboxylic acids is 1. The minimum atomic E-state index is -0.101. The summed E-state index contributed by atoms with van der Waals surface area (Å²) in [5.74, 6) is 1.02. The third kappa shape index (κ3) is 3.64. The van der Waals surface area contributed by atoms with Gasteiger partial charge in [-0.3, -0.25) is 10.1 Å². The fourth-order valence-corrected chi connectivity index (χ4v) is 3.46. The van der Waals surface area contributed by atoms with Gasteiger partial charge in [-0.25, -0.2) is 4.68 Å². The lowest BCUT2D eigenvalue weighted by molar-refractivity contribution is 0.0900. The van der Waals surface area contributed by atoms with Crippen molar-refractivity contribution >= 4 is 5.91 Å². The van der Waals surface area contributed by atoms with Crippen molar-refractivity contribution in [3.63, 3.8) is 0 Å². The van der Waals surface area contributed by atoms with Crippen molar-refractivity contribution in [3.8, 4) is 17.0 Å². The van der Waals surface area contributed by atoms with Crippen LogP contribution in [0.25, 0.3) is 11.3 Å². The molecule has 2 aromatic carbocycles. The van der Waals surface area contributed by atoms with Crippen LogP contribution in [-0.2, 0) is 0 Å². The van der Waals surface area contributed by atoms with Gasteiger partial charge in [-0.2, -0.15) is 5.10 Å². The van der Waals surface area contributed by atoms with Crippen molar-refractivity contribution in [2.75, 3.05) is 20.2 Å². The Balaban J connectivity index is 1.55. The number of benzene rings is 2. The fraction of sp³-hybridized carbons (Fsp3) is 0.273. The van der Waals surface area contributed by atoms with Crippen molar-refractivity contribution in [2.45, 2.75) is 19.0 Å². The van der Waals surface area contributed by atoms with E-state index in [1.165, 1.54) is 5.56 Å². The van der Waals surface area contributed by atoms with E-state index in [-0.39, 0.29) is 12.1 Å². The van der Waals surface area contributed by atoms with Crippen LogP contribution in [0.1, 0.15) is 35.1 Å². The summed E-state index contributed by atoms with van der Waals surface area (Å²) >= 11 is 0. The third-order valence-electron chi connectivity index (χ3n) is 5.11. The van der Waals surface area contributed by atoms with Crippen LogP contribution in [0.5, 0.6) is 5.75 Å². The standard InChI is InChI=1S/C22H24N4O2/c1-15(16-7-4-3-5-8-16)13-23-21-14-24-22(27)20-12-19(25-26(20)21)17-9-6-10-18(11-17)28-2/h3-12,15,21,23H,13-14H2,1-2H3,(H,24,27). The number of nitrogens with zero attached hydrogens (tertiary/aromatic N) is 2. The van der Waals surface area contributed by atoms with Gasteiger partial charge in [0.05, 0.1) is 19.3 Å². The fourth-order valence-electron chi connectivity index (χ4n) is 3.46. The Bertz CT molecular complexity index is 968. The number of ether oxygens (including phenoxy) is 1. The van der Waals surface area contributed by atoms with Crippen LogP contribution in [-0.4, -0.2) is 35.9 Å². The topological polar surface area (TPSA) is 68.2 Å². The minimum Gasteiger partial charge on any atom is -0.497 e. The Labute approximate surface area is 164 Å². The van der Waals surface area contributed by atoms with E-state index in [4.69, 9.17) is 9.84 Å². The molecule has 0 radical (unpaired) electrons. The SMILES string of the molecule is COc1cccc(-c2cc3n(n2)C(NCC(C)c2ccccc2)CNC3=O)c1. The summed E-state index contributed by atoms with van der Waals surface area (Å²) in [4.78, 5) is 12.3. The van der Waals surface area contributed by atoms with Crippen molar-refractivity contribution in [2.24, 2.45) is 0 Å². The van der Waals surface area contributed by atoms with E-state index in [0.29, 0.717) is 18.2 Å². The van der Waals surface area contributed by atoms with E-state index in [1.54, 1.807) is 11.8 Å². The molecule has 0 saturated carbocycles. The first-order valence-corrected chi connectivity index (χ1v) is 9.46. The van der Waals surface area contributed by atoms with Crippen LogP contribution < -0.4 is 15.4 Å². The van der Waals surface area contributed by atoms with Crippen LogP contribution in [0.15, 0.2) is 60.7 Å². The Morgan fingerprint density at radius 1 is 1.21 bits per heavy atom. The summed E-state index contributed by atoms with van der Waals surface area (Å²) in [5, 5.41) is 11.2. The molecule has 6 nitrogen and oxygen atoms in total. The van der Waals surface area contributed by atoms with E-state index >= 15 is 0 Å². The predicted octanol–water partition coefficient (Wildman–Crippen LogP) is 3.19. The maximum Gasteiger partial charge on any atom is 0.269 e. The highest BCUT2D eigenvalue weighted by atomic mass is 16.5. The molecule has 4 rings (SSSR count). The first-order chi connectivity index (χ1) is 13.7. The number of amides is 1. The molecular weight excluding hydrogens is 352 g/mol. The molecule has 0 bridgehead atoms. The second-order valence-electron chi connectivity index (χ2n) is 7.04. The van der Waals surface area contributed by atoms with Gasteiger partial charge in [0.25, 0.3) is 5.91 Å². The number of fused-ring (bicyclic) bond motifs is 1. The number of nitrogens with one attached hydrogen (secondary N) is 2. The summed E-state index contributed by atoms with van der Waals surface area (Å²) in [6, 6.07) is 19.9. The first-order valence-electron chi connectivity index (χ1n) is 9.46. The average molecular weight is 376 g/mol. The molecule has 1 aromatic heterocycles. The summed E-state index contributed by atoms with van der Waals surface area (Å²) in [7, 11) is 1.64. The highest BCUT2D eigenvalue weighted by Gasteiger charge is 2.27. The maximum atomic E-state index is 12.3. The molecule has 2 heterocycles. The van der Waals surface area contributed by atoms with Crippen molar-refractivity contribution in [1.82, 2.24) is 20.4 Å². The Morgan fingerprint density at radius 3 is 2.82 bits per heavy atom. The normalized spacial score (nSPS) is 16.9. The molecule has 0 spiro atoms. The Morgan fingerprint density at radius 2 is 2.04 bits per heavy atom. The Kier molecular flexibility index (Phi) is 5.12. The largest absolute Gasteiger partial charge is 0.497 e. The number of rotatable bonds is 6. The highest BCUT2D eigenvalue weighted by Crippen LogP contribution is 2.26. The van der Waals surface area contributed by atoms with Gasteiger partial charge < -0.3 is 10.1 Å². The number of methoxy groups -OCH3 is 1. The number of carbonyl (C=O) groups is 1. The molecule has 2 unspecified atom stereocenters. The Hall–Kier alpha value is -3.12. The monoisotopic (exact) mass is 376 g/mol.